The molecule has 1 heterocycles. The number of benzene rings is 1. The summed E-state index contributed by atoms with van der Waals surface area (Å²) >= 11 is 0. The quantitative estimate of drug-likeness (QED) is 0.837. The van der Waals surface area contributed by atoms with Gasteiger partial charge in [0.25, 0.3) is 0 Å². The van der Waals surface area contributed by atoms with E-state index in [9.17, 15) is 4.79 Å². The second-order valence-electron chi connectivity index (χ2n) is 5.00. The van der Waals surface area contributed by atoms with Crippen molar-refractivity contribution in [3.05, 3.63) is 35.4 Å². The Morgan fingerprint density at radius 3 is 2.65 bits per heavy atom. The van der Waals surface area contributed by atoms with Crippen LogP contribution < -0.4 is 5.32 Å². The van der Waals surface area contributed by atoms with E-state index in [0.29, 0.717) is 6.61 Å². The van der Waals surface area contributed by atoms with Crippen molar-refractivity contribution < 1.29 is 9.53 Å². The Labute approximate surface area is 108 Å². The molecule has 1 atom stereocenters. The van der Waals surface area contributed by atoms with Gasteiger partial charge >= 0.3 is 6.09 Å². The third kappa shape index (κ3) is 2.72. The molecule has 1 amide bonds. The predicted octanol–water partition coefficient (Wildman–Crippen LogP) is 3.22. The van der Waals surface area contributed by atoms with Gasteiger partial charge in [-0.2, -0.15) is 0 Å². The fourth-order valence-corrected chi connectivity index (χ4v) is 2.10. The van der Waals surface area contributed by atoms with E-state index < -0.39 is 0 Å². The van der Waals surface area contributed by atoms with E-state index in [1.165, 1.54) is 11.1 Å². The highest BCUT2D eigenvalue weighted by Crippen LogP contribution is 2.37. The molecule has 4 heteroatoms. The Hall–Kier alpha value is -1.22. The maximum absolute atomic E-state index is 11.3. The molecule has 1 saturated heterocycles. The number of hydrogen-bond donors (Lipinski definition) is 1. The van der Waals surface area contributed by atoms with Crippen LogP contribution in [0.5, 0.6) is 0 Å². The first-order valence-electron chi connectivity index (χ1n) is 5.49. The van der Waals surface area contributed by atoms with Gasteiger partial charge in [0.05, 0.1) is 6.04 Å². The molecule has 0 spiro atoms. The highest BCUT2D eigenvalue weighted by molar-refractivity contribution is 5.85. The number of carbonyl (C=O) groups is 1. The van der Waals surface area contributed by atoms with Crippen molar-refractivity contribution in [2.45, 2.75) is 26.8 Å². The van der Waals surface area contributed by atoms with Gasteiger partial charge < -0.3 is 10.1 Å². The minimum absolute atomic E-state index is 0. The fourth-order valence-electron chi connectivity index (χ4n) is 2.10. The van der Waals surface area contributed by atoms with Crippen LogP contribution in [0.2, 0.25) is 0 Å². The zero-order valence-electron chi connectivity index (χ0n) is 10.3. The van der Waals surface area contributed by atoms with Gasteiger partial charge in [0.1, 0.15) is 6.61 Å². The molecule has 0 saturated carbocycles. The second kappa shape index (κ2) is 4.96. The van der Waals surface area contributed by atoms with E-state index >= 15 is 0 Å². The summed E-state index contributed by atoms with van der Waals surface area (Å²) in [5.41, 5.74) is 2.28. The molecular weight excluding hydrogens is 238 g/mol. The predicted molar refractivity (Wildman–Crippen MR) is 69.4 cm³/mol. The van der Waals surface area contributed by atoms with Crippen molar-refractivity contribution in [2.75, 3.05) is 6.61 Å². The first-order valence-corrected chi connectivity index (χ1v) is 5.49. The smallest absolute Gasteiger partial charge is 0.407 e. The van der Waals surface area contributed by atoms with Crippen molar-refractivity contribution in [1.29, 1.82) is 0 Å². The highest BCUT2D eigenvalue weighted by Gasteiger charge is 2.38. The minimum atomic E-state index is -0.326. The van der Waals surface area contributed by atoms with Crippen LogP contribution in [-0.2, 0) is 4.74 Å². The zero-order chi connectivity index (χ0) is 11.8. The average molecular weight is 256 g/mol. The van der Waals surface area contributed by atoms with Gasteiger partial charge in [0, 0.05) is 5.41 Å². The second-order valence-corrected chi connectivity index (χ2v) is 5.00. The van der Waals surface area contributed by atoms with E-state index in [2.05, 4.69) is 38.2 Å². The molecule has 0 aliphatic carbocycles. The van der Waals surface area contributed by atoms with Crippen LogP contribution in [-0.4, -0.2) is 12.7 Å². The largest absolute Gasteiger partial charge is 0.449 e. The summed E-state index contributed by atoms with van der Waals surface area (Å²) in [5, 5.41) is 2.90. The van der Waals surface area contributed by atoms with Crippen molar-refractivity contribution >= 4 is 18.5 Å². The number of aryl methyl sites for hydroxylation is 1. The number of carbonyl (C=O) groups excluding carboxylic acids is 1. The molecule has 1 aromatic carbocycles. The molecule has 1 aliphatic heterocycles. The third-order valence-corrected chi connectivity index (χ3v) is 3.12. The van der Waals surface area contributed by atoms with Crippen molar-refractivity contribution in [2.24, 2.45) is 5.41 Å². The van der Waals surface area contributed by atoms with Crippen LogP contribution in [0.25, 0.3) is 0 Å². The average Bonchev–Trinajstić information content (AvgIpc) is 2.23. The molecule has 94 valence electrons. The maximum atomic E-state index is 11.3. The lowest BCUT2D eigenvalue weighted by Crippen LogP contribution is -2.47. The van der Waals surface area contributed by atoms with Gasteiger partial charge in [-0.15, -0.1) is 12.4 Å². The summed E-state index contributed by atoms with van der Waals surface area (Å²) in [6.45, 7) is 6.72. The van der Waals surface area contributed by atoms with Crippen molar-refractivity contribution in [1.82, 2.24) is 5.32 Å². The lowest BCUT2D eigenvalue weighted by molar-refractivity contribution is 0.0386. The molecule has 0 radical (unpaired) electrons. The van der Waals surface area contributed by atoms with Gasteiger partial charge in [-0.05, 0) is 18.1 Å². The van der Waals surface area contributed by atoms with Crippen molar-refractivity contribution in [3.63, 3.8) is 0 Å². The summed E-state index contributed by atoms with van der Waals surface area (Å²) in [6, 6.07) is 8.16. The Bertz CT molecular complexity index is 418. The van der Waals surface area contributed by atoms with E-state index in [1.54, 1.807) is 0 Å². The number of amides is 1. The van der Waals surface area contributed by atoms with Crippen LogP contribution in [0.15, 0.2) is 24.3 Å². The summed E-state index contributed by atoms with van der Waals surface area (Å²) in [6.07, 6.45) is -0.326. The topological polar surface area (TPSA) is 38.3 Å². The van der Waals surface area contributed by atoms with Crippen LogP contribution in [0, 0.1) is 12.3 Å². The lowest BCUT2D eigenvalue weighted by Gasteiger charge is -2.39. The molecular formula is C13H18ClNO2. The first kappa shape index (κ1) is 13.8. The van der Waals surface area contributed by atoms with Gasteiger partial charge in [-0.3, -0.25) is 0 Å². The van der Waals surface area contributed by atoms with E-state index in [0.717, 1.165) is 0 Å². The standard InChI is InChI=1S/C13H17NO2.ClH/c1-9-6-4-5-7-10(9)11-13(2,3)8-16-12(15)14-11;/h4-7,11H,8H2,1-3H3,(H,14,15);1H/t11-;/m0./s1. The molecule has 0 unspecified atom stereocenters. The number of halogens is 1. The summed E-state index contributed by atoms with van der Waals surface area (Å²) < 4.78 is 5.03. The van der Waals surface area contributed by atoms with Gasteiger partial charge in [-0.25, -0.2) is 4.79 Å². The molecule has 1 aromatic rings. The van der Waals surface area contributed by atoms with E-state index in [-0.39, 0.29) is 30.0 Å². The molecule has 2 rings (SSSR count). The Kier molecular flexibility index (Phi) is 4.04. The number of nitrogens with one attached hydrogen (secondary N) is 1. The molecule has 1 aliphatic rings. The Balaban J connectivity index is 0.00000144. The van der Waals surface area contributed by atoms with Gasteiger partial charge in [0.15, 0.2) is 0 Å². The van der Waals surface area contributed by atoms with E-state index in [4.69, 9.17) is 4.74 Å². The lowest BCUT2D eigenvalue weighted by atomic mass is 9.79. The molecule has 1 N–H and O–H groups in total. The number of alkyl carbamates (subject to hydrolysis) is 1. The Morgan fingerprint density at radius 2 is 2.00 bits per heavy atom. The van der Waals surface area contributed by atoms with Crippen LogP contribution in [0.4, 0.5) is 4.79 Å². The molecule has 0 bridgehead atoms. The molecule has 3 nitrogen and oxygen atoms in total. The fraction of sp³-hybridized carbons (Fsp3) is 0.462. The normalized spacial score (nSPS) is 22.1. The third-order valence-electron chi connectivity index (χ3n) is 3.12. The maximum Gasteiger partial charge on any atom is 0.407 e. The van der Waals surface area contributed by atoms with Gasteiger partial charge in [-0.1, -0.05) is 38.1 Å². The van der Waals surface area contributed by atoms with E-state index in [1.807, 2.05) is 12.1 Å². The van der Waals surface area contributed by atoms with Crippen molar-refractivity contribution in [3.8, 4) is 0 Å². The first-order chi connectivity index (χ1) is 7.50. The molecule has 1 fully saturated rings. The number of rotatable bonds is 1. The molecule has 0 aromatic heterocycles. The number of ether oxygens (including phenoxy) is 1. The summed E-state index contributed by atoms with van der Waals surface area (Å²) in [7, 11) is 0. The minimum Gasteiger partial charge on any atom is -0.449 e. The zero-order valence-corrected chi connectivity index (χ0v) is 11.1. The monoisotopic (exact) mass is 255 g/mol. The number of hydrogen-bond acceptors (Lipinski definition) is 2. The van der Waals surface area contributed by atoms with Crippen LogP contribution in [0.3, 0.4) is 0 Å². The summed E-state index contributed by atoms with van der Waals surface area (Å²) in [4.78, 5) is 11.3. The SMILES string of the molecule is Cc1ccccc1[C@@H]1NC(=O)OCC1(C)C.Cl. The summed E-state index contributed by atoms with van der Waals surface area (Å²) in [5.74, 6) is 0. The van der Waals surface area contributed by atoms with Crippen LogP contribution in [0.1, 0.15) is 31.0 Å². The number of cyclic esters (lactones) is 1. The van der Waals surface area contributed by atoms with Crippen LogP contribution >= 0.6 is 12.4 Å². The molecule has 17 heavy (non-hydrogen) atoms. The Morgan fingerprint density at radius 1 is 1.35 bits per heavy atom. The van der Waals surface area contributed by atoms with Gasteiger partial charge in [0.2, 0.25) is 0 Å². The highest BCUT2D eigenvalue weighted by atomic mass is 35.5.